The molecule has 2 rings (SSSR count). The highest BCUT2D eigenvalue weighted by Gasteiger charge is 2.34. The van der Waals surface area contributed by atoms with Gasteiger partial charge >= 0.3 is 0 Å². The Balaban J connectivity index is 2.09. The fourth-order valence-electron chi connectivity index (χ4n) is 3.12. The smallest absolute Gasteiger partial charge is 0.0765 e. The van der Waals surface area contributed by atoms with Crippen LogP contribution in [-0.4, -0.2) is 39.4 Å². The van der Waals surface area contributed by atoms with E-state index in [1.165, 1.54) is 5.69 Å². The molecule has 0 amide bonds. The molecule has 1 aromatic heterocycles. The van der Waals surface area contributed by atoms with Crippen LogP contribution >= 0.6 is 0 Å². The van der Waals surface area contributed by atoms with Crippen LogP contribution in [0.15, 0.2) is 12.3 Å². The van der Waals surface area contributed by atoms with Crippen molar-refractivity contribution in [2.45, 2.75) is 72.1 Å². The molecule has 2 unspecified atom stereocenters. The highest BCUT2D eigenvalue weighted by atomic mass is 15.3. The van der Waals surface area contributed by atoms with Crippen LogP contribution in [0.4, 0.5) is 0 Å². The molecule has 0 aliphatic carbocycles. The number of rotatable bonds is 5. The first-order valence-corrected chi connectivity index (χ1v) is 8.35. The van der Waals surface area contributed by atoms with Crippen LogP contribution in [0.2, 0.25) is 0 Å². The quantitative estimate of drug-likeness (QED) is 0.905. The van der Waals surface area contributed by atoms with Gasteiger partial charge in [-0.3, -0.25) is 9.58 Å². The molecule has 1 aliphatic rings. The zero-order chi connectivity index (χ0) is 15.6. The number of aromatic nitrogens is 2. The van der Waals surface area contributed by atoms with E-state index < -0.39 is 0 Å². The maximum absolute atomic E-state index is 4.77. The van der Waals surface area contributed by atoms with Crippen LogP contribution in [0.5, 0.6) is 0 Å². The van der Waals surface area contributed by atoms with E-state index >= 15 is 0 Å². The van der Waals surface area contributed by atoms with Crippen molar-refractivity contribution in [3.05, 3.63) is 18.0 Å². The lowest BCUT2D eigenvalue weighted by Gasteiger charge is -2.46. The highest BCUT2D eigenvalue weighted by Crippen LogP contribution is 2.22. The van der Waals surface area contributed by atoms with Gasteiger partial charge in [0.1, 0.15) is 0 Å². The average molecular weight is 292 g/mol. The van der Waals surface area contributed by atoms with Crippen molar-refractivity contribution in [2.75, 3.05) is 13.1 Å². The summed E-state index contributed by atoms with van der Waals surface area (Å²) < 4.78 is 2.10. The van der Waals surface area contributed by atoms with Crippen molar-refractivity contribution in [1.82, 2.24) is 20.0 Å². The SMILES string of the molecule is CCC(C)n1ccc(CN2CC(C)(C)NCC2C(C)C)n1. The van der Waals surface area contributed by atoms with E-state index in [1.54, 1.807) is 0 Å². The molecule has 4 nitrogen and oxygen atoms in total. The lowest BCUT2D eigenvalue weighted by Crippen LogP contribution is -2.62. The van der Waals surface area contributed by atoms with E-state index in [4.69, 9.17) is 5.10 Å². The zero-order valence-electron chi connectivity index (χ0n) is 14.6. The van der Waals surface area contributed by atoms with Crippen LogP contribution in [-0.2, 0) is 6.54 Å². The van der Waals surface area contributed by atoms with Gasteiger partial charge in [-0.15, -0.1) is 0 Å². The van der Waals surface area contributed by atoms with Gasteiger partial charge in [-0.05, 0) is 39.2 Å². The molecule has 21 heavy (non-hydrogen) atoms. The summed E-state index contributed by atoms with van der Waals surface area (Å²) >= 11 is 0. The first-order chi connectivity index (χ1) is 9.82. The molecule has 1 fully saturated rings. The van der Waals surface area contributed by atoms with E-state index in [0.29, 0.717) is 18.0 Å². The van der Waals surface area contributed by atoms with Crippen molar-refractivity contribution in [3.63, 3.8) is 0 Å². The first kappa shape index (κ1) is 16.5. The molecule has 0 aromatic carbocycles. The van der Waals surface area contributed by atoms with Gasteiger partial charge in [-0.25, -0.2) is 0 Å². The zero-order valence-corrected chi connectivity index (χ0v) is 14.6. The number of nitrogens with zero attached hydrogens (tertiary/aromatic N) is 3. The summed E-state index contributed by atoms with van der Waals surface area (Å²) in [4.78, 5) is 2.60. The highest BCUT2D eigenvalue weighted by molar-refractivity contribution is 5.03. The second-order valence-electron chi connectivity index (χ2n) is 7.53. The van der Waals surface area contributed by atoms with Crippen LogP contribution in [0, 0.1) is 5.92 Å². The molecule has 1 aromatic rings. The summed E-state index contributed by atoms with van der Waals surface area (Å²) in [6.45, 7) is 16.7. The van der Waals surface area contributed by atoms with E-state index in [1.807, 2.05) is 0 Å². The Morgan fingerprint density at radius 2 is 2.10 bits per heavy atom. The predicted octanol–water partition coefficient (Wildman–Crippen LogP) is 3.06. The van der Waals surface area contributed by atoms with Crippen molar-refractivity contribution < 1.29 is 0 Å². The van der Waals surface area contributed by atoms with E-state index in [-0.39, 0.29) is 5.54 Å². The van der Waals surface area contributed by atoms with Gasteiger partial charge in [0.05, 0.1) is 5.69 Å². The van der Waals surface area contributed by atoms with Gasteiger partial charge in [0.15, 0.2) is 0 Å². The first-order valence-electron chi connectivity index (χ1n) is 8.35. The summed E-state index contributed by atoms with van der Waals surface area (Å²) in [5, 5.41) is 8.44. The summed E-state index contributed by atoms with van der Waals surface area (Å²) in [5.41, 5.74) is 1.38. The Kier molecular flexibility index (Phi) is 5.10. The van der Waals surface area contributed by atoms with E-state index in [0.717, 1.165) is 26.1 Å². The van der Waals surface area contributed by atoms with E-state index in [2.05, 4.69) is 68.7 Å². The van der Waals surface area contributed by atoms with Crippen molar-refractivity contribution in [1.29, 1.82) is 0 Å². The normalized spacial score (nSPS) is 24.4. The molecule has 0 spiro atoms. The molecule has 2 atom stereocenters. The monoisotopic (exact) mass is 292 g/mol. The molecule has 120 valence electrons. The molecule has 0 saturated carbocycles. The number of piperazine rings is 1. The Labute approximate surface area is 129 Å². The molecule has 1 saturated heterocycles. The minimum atomic E-state index is 0.185. The molecular formula is C17H32N4. The Morgan fingerprint density at radius 3 is 2.71 bits per heavy atom. The minimum absolute atomic E-state index is 0.185. The summed E-state index contributed by atoms with van der Waals surface area (Å²) in [5.74, 6) is 0.658. The maximum atomic E-state index is 4.77. The molecule has 4 heteroatoms. The van der Waals surface area contributed by atoms with Crippen molar-refractivity contribution in [2.24, 2.45) is 5.92 Å². The van der Waals surface area contributed by atoms with Gasteiger partial charge in [-0.2, -0.15) is 5.10 Å². The molecule has 0 bridgehead atoms. The van der Waals surface area contributed by atoms with Crippen LogP contribution < -0.4 is 5.32 Å². The van der Waals surface area contributed by atoms with Crippen LogP contribution in [0.3, 0.4) is 0 Å². The summed E-state index contributed by atoms with van der Waals surface area (Å²) in [7, 11) is 0. The van der Waals surface area contributed by atoms with Gasteiger partial charge in [0.2, 0.25) is 0 Å². The van der Waals surface area contributed by atoms with Crippen LogP contribution in [0.1, 0.15) is 59.7 Å². The lowest BCUT2D eigenvalue weighted by atomic mass is 9.93. The van der Waals surface area contributed by atoms with Gasteiger partial charge < -0.3 is 5.32 Å². The minimum Gasteiger partial charge on any atom is -0.309 e. The third-order valence-corrected chi connectivity index (χ3v) is 4.70. The number of hydrogen-bond donors (Lipinski definition) is 1. The number of hydrogen-bond acceptors (Lipinski definition) is 3. The third-order valence-electron chi connectivity index (χ3n) is 4.70. The van der Waals surface area contributed by atoms with Gasteiger partial charge in [0.25, 0.3) is 0 Å². The predicted molar refractivity (Wildman–Crippen MR) is 88.3 cm³/mol. The Bertz CT molecular complexity index is 449. The van der Waals surface area contributed by atoms with Gasteiger partial charge in [0, 0.05) is 43.5 Å². The van der Waals surface area contributed by atoms with Crippen LogP contribution in [0.25, 0.3) is 0 Å². The van der Waals surface area contributed by atoms with Crippen molar-refractivity contribution >= 4 is 0 Å². The summed E-state index contributed by atoms with van der Waals surface area (Å²) in [6.07, 6.45) is 3.25. The van der Waals surface area contributed by atoms with E-state index in [9.17, 15) is 0 Å². The third kappa shape index (κ3) is 4.07. The lowest BCUT2D eigenvalue weighted by molar-refractivity contribution is 0.0614. The molecule has 1 aliphatic heterocycles. The fourth-order valence-corrected chi connectivity index (χ4v) is 3.12. The second-order valence-corrected chi connectivity index (χ2v) is 7.53. The average Bonchev–Trinajstić information content (AvgIpc) is 2.85. The fraction of sp³-hybridized carbons (Fsp3) is 0.824. The topological polar surface area (TPSA) is 33.1 Å². The summed E-state index contributed by atoms with van der Waals surface area (Å²) in [6, 6.07) is 3.25. The molecule has 2 heterocycles. The van der Waals surface area contributed by atoms with Gasteiger partial charge in [-0.1, -0.05) is 20.8 Å². The standard InChI is InChI=1S/C17H32N4/c1-7-14(4)21-9-8-15(19-21)11-20-12-17(5,6)18-10-16(20)13(2)3/h8-9,13-14,16,18H,7,10-12H2,1-6H3. The number of nitrogens with one attached hydrogen (secondary N) is 1. The Hall–Kier alpha value is -0.870. The van der Waals surface area contributed by atoms with Crippen molar-refractivity contribution in [3.8, 4) is 0 Å². The molecule has 0 radical (unpaired) electrons. The Morgan fingerprint density at radius 1 is 1.38 bits per heavy atom. The largest absolute Gasteiger partial charge is 0.309 e. The maximum Gasteiger partial charge on any atom is 0.0765 e. The second kappa shape index (κ2) is 6.49. The molecule has 1 N–H and O–H groups in total. The molecular weight excluding hydrogens is 260 g/mol.